The predicted molar refractivity (Wildman–Crippen MR) is 68.6 cm³/mol. The van der Waals surface area contributed by atoms with Crippen molar-refractivity contribution >= 4 is 11.7 Å². The molecule has 1 unspecified atom stereocenters. The number of rotatable bonds is 3. The number of hydrogen-bond acceptors (Lipinski definition) is 2. The van der Waals surface area contributed by atoms with Gasteiger partial charge in [0.2, 0.25) is 0 Å². The molecule has 1 fully saturated rings. The van der Waals surface area contributed by atoms with Gasteiger partial charge in [0, 0.05) is 11.7 Å². The monoisotopic (exact) mass is 233 g/mol. The van der Waals surface area contributed by atoms with Crippen LogP contribution >= 0.6 is 0 Å². The number of anilines is 1. The van der Waals surface area contributed by atoms with Gasteiger partial charge in [0.1, 0.15) is 0 Å². The molecule has 0 heterocycles. The van der Waals surface area contributed by atoms with Crippen LogP contribution in [0.1, 0.15) is 37.8 Å². The van der Waals surface area contributed by atoms with E-state index in [9.17, 15) is 4.79 Å². The fourth-order valence-electron chi connectivity index (χ4n) is 1.84. The van der Waals surface area contributed by atoms with Gasteiger partial charge in [-0.05, 0) is 43.9 Å². The molecular weight excluding hydrogens is 214 g/mol. The van der Waals surface area contributed by atoms with Gasteiger partial charge in [-0.2, -0.15) is 0 Å². The van der Waals surface area contributed by atoms with Gasteiger partial charge in [0.15, 0.2) is 0 Å². The first-order valence-electron chi connectivity index (χ1n) is 6.07. The maximum Gasteiger partial charge on any atom is 0.315 e. The zero-order valence-electron chi connectivity index (χ0n) is 10.1. The normalized spacial score (nSPS) is 17.0. The number of nitrogens with two attached hydrogens (primary N) is 1. The zero-order valence-corrected chi connectivity index (χ0v) is 10.1. The van der Waals surface area contributed by atoms with Gasteiger partial charge in [-0.15, -0.1) is 0 Å². The van der Waals surface area contributed by atoms with Gasteiger partial charge >= 0.3 is 6.03 Å². The molecule has 0 spiro atoms. The highest BCUT2D eigenvalue weighted by Crippen LogP contribution is 2.18. The molecule has 1 aliphatic rings. The fourth-order valence-corrected chi connectivity index (χ4v) is 1.84. The van der Waals surface area contributed by atoms with Crippen LogP contribution in [-0.4, -0.2) is 12.1 Å². The molecule has 1 aliphatic carbocycles. The SMILES string of the molecule is CC(NC(=O)NC1CCC1)c1ccc(N)cc1. The van der Waals surface area contributed by atoms with Gasteiger partial charge < -0.3 is 16.4 Å². The third-order valence-corrected chi connectivity index (χ3v) is 3.22. The lowest BCUT2D eigenvalue weighted by Gasteiger charge is -2.27. The summed E-state index contributed by atoms with van der Waals surface area (Å²) in [6, 6.07) is 7.84. The third kappa shape index (κ3) is 3.12. The molecule has 1 saturated carbocycles. The molecule has 1 atom stereocenters. The number of benzene rings is 1. The van der Waals surface area contributed by atoms with Crippen molar-refractivity contribution in [2.45, 2.75) is 38.3 Å². The molecule has 0 aliphatic heterocycles. The van der Waals surface area contributed by atoms with Gasteiger partial charge in [-0.3, -0.25) is 0 Å². The molecule has 92 valence electrons. The summed E-state index contributed by atoms with van der Waals surface area (Å²) in [7, 11) is 0. The minimum atomic E-state index is -0.0842. The van der Waals surface area contributed by atoms with Gasteiger partial charge in [-0.25, -0.2) is 4.79 Å². The molecule has 17 heavy (non-hydrogen) atoms. The van der Waals surface area contributed by atoms with E-state index in [0.29, 0.717) is 6.04 Å². The zero-order chi connectivity index (χ0) is 12.3. The highest BCUT2D eigenvalue weighted by Gasteiger charge is 2.20. The molecule has 2 amide bonds. The Balaban J connectivity index is 1.84. The standard InChI is InChI=1S/C13H19N3O/c1-9(10-5-7-11(14)8-6-10)15-13(17)16-12-3-2-4-12/h5-9,12H,2-4,14H2,1H3,(H2,15,16,17). The van der Waals surface area contributed by atoms with E-state index >= 15 is 0 Å². The number of hydrogen-bond donors (Lipinski definition) is 3. The minimum Gasteiger partial charge on any atom is -0.399 e. The van der Waals surface area contributed by atoms with Crippen LogP contribution in [-0.2, 0) is 0 Å². The number of nitrogens with one attached hydrogen (secondary N) is 2. The molecule has 0 radical (unpaired) electrons. The lowest BCUT2D eigenvalue weighted by molar-refractivity contribution is 0.225. The molecule has 1 aromatic carbocycles. The smallest absolute Gasteiger partial charge is 0.315 e. The Bertz CT molecular complexity index is 384. The Labute approximate surface area is 102 Å². The predicted octanol–water partition coefficient (Wildman–Crippen LogP) is 2.18. The summed E-state index contributed by atoms with van der Waals surface area (Å²) in [5.74, 6) is 0. The first kappa shape index (κ1) is 11.8. The van der Waals surface area contributed by atoms with E-state index in [-0.39, 0.29) is 12.1 Å². The van der Waals surface area contributed by atoms with Crippen LogP contribution in [0.3, 0.4) is 0 Å². The quantitative estimate of drug-likeness (QED) is 0.700. The van der Waals surface area contributed by atoms with Gasteiger partial charge in [0.25, 0.3) is 0 Å². The van der Waals surface area contributed by atoms with Crippen molar-refractivity contribution in [3.8, 4) is 0 Å². The second-order valence-electron chi connectivity index (χ2n) is 4.63. The van der Waals surface area contributed by atoms with E-state index in [4.69, 9.17) is 5.73 Å². The van der Waals surface area contributed by atoms with E-state index < -0.39 is 0 Å². The van der Waals surface area contributed by atoms with Gasteiger partial charge in [-0.1, -0.05) is 12.1 Å². The number of carbonyl (C=O) groups excluding carboxylic acids is 1. The molecule has 0 bridgehead atoms. The number of amides is 2. The second-order valence-corrected chi connectivity index (χ2v) is 4.63. The Kier molecular flexibility index (Phi) is 3.52. The van der Waals surface area contributed by atoms with Crippen LogP contribution in [0.4, 0.5) is 10.5 Å². The lowest BCUT2D eigenvalue weighted by Crippen LogP contribution is -2.45. The molecule has 0 saturated heterocycles. The summed E-state index contributed by atoms with van der Waals surface area (Å²) in [5, 5.41) is 5.88. The average molecular weight is 233 g/mol. The Morgan fingerprint density at radius 1 is 1.35 bits per heavy atom. The minimum absolute atomic E-state index is 0.00400. The van der Waals surface area contributed by atoms with Gasteiger partial charge in [0.05, 0.1) is 6.04 Å². The summed E-state index contributed by atoms with van der Waals surface area (Å²) < 4.78 is 0. The van der Waals surface area contributed by atoms with Crippen molar-refractivity contribution in [1.82, 2.24) is 10.6 Å². The van der Waals surface area contributed by atoms with Crippen molar-refractivity contribution < 1.29 is 4.79 Å². The van der Waals surface area contributed by atoms with E-state index in [2.05, 4.69) is 10.6 Å². The van der Waals surface area contributed by atoms with Crippen molar-refractivity contribution in [3.63, 3.8) is 0 Å². The summed E-state index contributed by atoms with van der Waals surface area (Å²) >= 11 is 0. The molecule has 0 aromatic heterocycles. The van der Waals surface area contributed by atoms with Crippen LogP contribution in [0.15, 0.2) is 24.3 Å². The third-order valence-electron chi connectivity index (χ3n) is 3.22. The summed E-state index contributed by atoms with van der Waals surface area (Å²) in [5.41, 5.74) is 7.41. The van der Waals surface area contributed by atoms with Crippen LogP contribution in [0.5, 0.6) is 0 Å². The topological polar surface area (TPSA) is 67.2 Å². The summed E-state index contributed by atoms with van der Waals surface area (Å²) in [6.45, 7) is 1.96. The second kappa shape index (κ2) is 5.08. The van der Waals surface area contributed by atoms with E-state index in [1.165, 1.54) is 6.42 Å². The Morgan fingerprint density at radius 2 is 2.00 bits per heavy atom. The van der Waals surface area contributed by atoms with E-state index in [1.807, 2.05) is 31.2 Å². The van der Waals surface area contributed by atoms with E-state index in [0.717, 1.165) is 24.1 Å². The Hall–Kier alpha value is -1.71. The van der Waals surface area contributed by atoms with Crippen LogP contribution < -0.4 is 16.4 Å². The van der Waals surface area contributed by atoms with Crippen LogP contribution in [0, 0.1) is 0 Å². The highest BCUT2D eigenvalue weighted by molar-refractivity contribution is 5.74. The number of carbonyl (C=O) groups is 1. The van der Waals surface area contributed by atoms with Crippen molar-refractivity contribution in [2.75, 3.05) is 5.73 Å². The largest absolute Gasteiger partial charge is 0.399 e. The Morgan fingerprint density at radius 3 is 2.53 bits per heavy atom. The number of urea groups is 1. The first-order chi connectivity index (χ1) is 8.15. The molecule has 1 aromatic rings. The van der Waals surface area contributed by atoms with Crippen LogP contribution in [0.25, 0.3) is 0 Å². The molecular formula is C13H19N3O. The number of nitrogen functional groups attached to an aromatic ring is 1. The molecule has 4 nitrogen and oxygen atoms in total. The van der Waals surface area contributed by atoms with Crippen molar-refractivity contribution in [3.05, 3.63) is 29.8 Å². The maximum absolute atomic E-state index is 11.7. The molecule has 4 heteroatoms. The maximum atomic E-state index is 11.7. The van der Waals surface area contributed by atoms with Crippen molar-refractivity contribution in [2.24, 2.45) is 0 Å². The highest BCUT2D eigenvalue weighted by atomic mass is 16.2. The lowest BCUT2D eigenvalue weighted by atomic mass is 9.93. The molecule has 2 rings (SSSR count). The fraction of sp³-hybridized carbons (Fsp3) is 0.462. The summed E-state index contributed by atoms with van der Waals surface area (Å²) in [4.78, 5) is 11.7. The summed E-state index contributed by atoms with van der Waals surface area (Å²) in [6.07, 6.45) is 3.42. The molecule has 4 N–H and O–H groups in total. The van der Waals surface area contributed by atoms with Crippen LogP contribution in [0.2, 0.25) is 0 Å². The van der Waals surface area contributed by atoms with Crippen molar-refractivity contribution in [1.29, 1.82) is 0 Å². The van der Waals surface area contributed by atoms with E-state index in [1.54, 1.807) is 0 Å². The average Bonchev–Trinajstić information content (AvgIpc) is 2.24. The first-order valence-corrected chi connectivity index (χ1v) is 6.07.